The molecule has 0 radical (unpaired) electrons. The Kier molecular flexibility index (Phi) is 5.33. The van der Waals surface area contributed by atoms with Gasteiger partial charge < -0.3 is 11.1 Å². The number of halogens is 1. The van der Waals surface area contributed by atoms with Gasteiger partial charge in [0.2, 0.25) is 0 Å². The molecule has 0 atom stereocenters. The Bertz CT molecular complexity index is 975. The van der Waals surface area contributed by atoms with E-state index in [2.05, 4.69) is 15.3 Å². The summed E-state index contributed by atoms with van der Waals surface area (Å²) in [5.41, 5.74) is 6.48. The number of carbonyl (C=O) groups is 1. The number of amides is 1. The summed E-state index contributed by atoms with van der Waals surface area (Å²) in [5, 5.41) is 2.80. The minimum atomic E-state index is -0.539. The molecule has 0 spiro atoms. The van der Waals surface area contributed by atoms with Crippen LogP contribution in [0.2, 0.25) is 0 Å². The molecule has 0 aliphatic rings. The zero-order chi connectivity index (χ0) is 18.5. The molecule has 1 amide bonds. The summed E-state index contributed by atoms with van der Waals surface area (Å²) in [7, 11) is 0. The first-order chi connectivity index (χ1) is 12.5. The van der Waals surface area contributed by atoms with Crippen LogP contribution in [-0.2, 0) is 5.75 Å². The highest BCUT2D eigenvalue weighted by Gasteiger charge is 2.14. The number of aromatic amines is 1. The van der Waals surface area contributed by atoms with Gasteiger partial charge in [-0.2, -0.15) is 0 Å². The van der Waals surface area contributed by atoms with Crippen molar-refractivity contribution in [1.29, 1.82) is 0 Å². The van der Waals surface area contributed by atoms with Crippen LogP contribution in [0.25, 0.3) is 0 Å². The van der Waals surface area contributed by atoms with Crippen LogP contribution in [0.5, 0.6) is 0 Å². The molecule has 3 rings (SSSR count). The number of anilines is 2. The van der Waals surface area contributed by atoms with Gasteiger partial charge in [0, 0.05) is 11.3 Å². The van der Waals surface area contributed by atoms with Crippen molar-refractivity contribution < 1.29 is 9.18 Å². The van der Waals surface area contributed by atoms with E-state index in [0.29, 0.717) is 16.5 Å². The summed E-state index contributed by atoms with van der Waals surface area (Å²) in [6.45, 7) is 0. The predicted molar refractivity (Wildman–Crippen MR) is 99.6 cm³/mol. The van der Waals surface area contributed by atoms with Crippen molar-refractivity contribution in [3.05, 3.63) is 81.9 Å². The lowest BCUT2D eigenvalue weighted by Crippen LogP contribution is -2.23. The van der Waals surface area contributed by atoms with Gasteiger partial charge >= 0.3 is 0 Å². The van der Waals surface area contributed by atoms with Crippen molar-refractivity contribution >= 4 is 29.2 Å². The number of aromatic nitrogens is 2. The Morgan fingerprint density at radius 2 is 1.85 bits per heavy atom. The van der Waals surface area contributed by atoms with Gasteiger partial charge in [0.25, 0.3) is 11.5 Å². The van der Waals surface area contributed by atoms with Crippen molar-refractivity contribution in [1.82, 2.24) is 9.97 Å². The zero-order valence-electron chi connectivity index (χ0n) is 13.5. The molecule has 0 bridgehead atoms. The first kappa shape index (κ1) is 17.7. The van der Waals surface area contributed by atoms with Crippen LogP contribution >= 0.6 is 11.8 Å². The molecule has 26 heavy (non-hydrogen) atoms. The zero-order valence-corrected chi connectivity index (χ0v) is 14.3. The van der Waals surface area contributed by atoms with Gasteiger partial charge in [-0.3, -0.25) is 14.6 Å². The monoisotopic (exact) mass is 370 g/mol. The number of thioether (sulfide) groups is 1. The molecular weight excluding hydrogens is 355 g/mol. The van der Waals surface area contributed by atoms with E-state index in [1.807, 2.05) is 0 Å². The minimum Gasteiger partial charge on any atom is -0.382 e. The Hall–Kier alpha value is -3.13. The second-order valence-electron chi connectivity index (χ2n) is 5.37. The van der Waals surface area contributed by atoms with E-state index < -0.39 is 11.5 Å². The molecule has 8 heteroatoms. The highest BCUT2D eigenvalue weighted by molar-refractivity contribution is 7.98. The van der Waals surface area contributed by atoms with Crippen molar-refractivity contribution in [2.75, 3.05) is 11.1 Å². The van der Waals surface area contributed by atoms with Crippen LogP contribution in [-0.4, -0.2) is 15.9 Å². The average molecular weight is 370 g/mol. The molecule has 1 aromatic heterocycles. The highest BCUT2D eigenvalue weighted by Crippen LogP contribution is 2.21. The number of nitrogens with one attached hydrogen (secondary N) is 2. The highest BCUT2D eigenvalue weighted by atomic mass is 32.2. The smallest absolute Gasteiger partial charge is 0.277 e. The normalized spacial score (nSPS) is 10.5. The molecular formula is C18H15FN4O2S. The molecule has 6 nitrogen and oxygen atoms in total. The first-order valence-electron chi connectivity index (χ1n) is 7.66. The second-order valence-corrected chi connectivity index (χ2v) is 6.33. The molecule has 0 aliphatic carbocycles. The van der Waals surface area contributed by atoms with Gasteiger partial charge in [-0.15, -0.1) is 0 Å². The fourth-order valence-electron chi connectivity index (χ4n) is 2.17. The fourth-order valence-corrected chi connectivity index (χ4v) is 2.99. The third-order valence-corrected chi connectivity index (χ3v) is 4.43. The van der Waals surface area contributed by atoms with E-state index in [1.54, 1.807) is 42.5 Å². The van der Waals surface area contributed by atoms with E-state index >= 15 is 0 Å². The largest absolute Gasteiger partial charge is 0.382 e. The molecule has 1 heterocycles. The van der Waals surface area contributed by atoms with Gasteiger partial charge in [-0.05, 0) is 29.8 Å². The van der Waals surface area contributed by atoms with Crippen molar-refractivity contribution in [3.8, 4) is 0 Å². The lowest BCUT2D eigenvalue weighted by atomic mass is 10.2. The lowest BCUT2D eigenvalue weighted by molar-refractivity contribution is 0.102. The molecule has 132 valence electrons. The van der Waals surface area contributed by atoms with Crippen LogP contribution in [0.15, 0.2) is 64.5 Å². The van der Waals surface area contributed by atoms with Crippen molar-refractivity contribution in [2.24, 2.45) is 0 Å². The van der Waals surface area contributed by atoms with Crippen LogP contribution in [0, 0.1) is 5.82 Å². The maximum Gasteiger partial charge on any atom is 0.277 e. The predicted octanol–water partition coefficient (Wildman–Crippen LogP) is 3.04. The molecule has 4 N–H and O–H groups in total. The van der Waals surface area contributed by atoms with Crippen LogP contribution < -0.4 is 16.6 Å². The van der Waals surface area contributed by atoms with E-state index in [4.69, 9.17) is 5.73 Å². The molecule has 0 unspecified atom stereocenters. The van der Waals surface area contributed by atoms with Crippen molar-refractivity contribution in [2.45, 2.75) is 10.9 Å². The van der Waals surface area contributed by atoms with Gasteiger partial charge in [-0.1, -0.05) is 42.1 Å². The molecule has 3 aromatic rings. The van der Waals surface area contributed by atoms with Crippen molar-refractivity contribution in [3.63, 3.8) is 0 Å². The Balaban J connectivity index is 1.72. The number of benzene rings is 2. The third-order valence-electron chi connectivity index (χ3n) is 3.49. The third kappa shape index (κ3) is 4.28. The maximum absolute atomic E-state index is 12.9. The molecule has 2 aromatic carbocycles. The van der Waals surface area contributed by atoms with Gasteiger partial charge in [0.05, 0.1) is 0 Å². The number of hydrogen-bond acceptors (Lipinski definition) is 5. The number of nitrogens with zero attached hydrogens (tertiary/aromatic N) is 1. The number of nitrogens with two attached hydrogens (primary N) is 1. The van der Waals surface area contributed by atoms with E-state index in [0.717, 1.165) is 5.56 Å². The lowest BCUT2D eigenvalue weighted by Gasteiger charge is -2.08. The summed E-state index contributed by atoms with van der Waals surface area (Å²) in [4.78, 5) is 31.1. The van der Waals surface area contributed by atoms with Crippen LogP contribution in [0.3, 0.4) is 0 Å². The van der Waals surface area contributed by atoms with Crippen LogP contribution in [0.4, 0.5) is 15.9 Å². The quantitative estimate of drug-likeness (QED) is 0.473. The molecule has 0 saturated heterocycles. The summed E-state index contributed by atoms with van der Waals surface area (Å²) >= 11 is 1.25. The summed E-state index contributed by atoms with van der Waals surface area (Å²) < 4.78 is 12.9. The van der Waals surface area contributed by atoms with Gasteiger partial charge in [0.1, 0.15) is 11.5 Å². The maximum atomic E-state index is 12.9. The summed E-state index contributed by atoms with van der Waals surface area (Å²) in [6, 6.07) is 14.5. The topological polar surface area (TPSA) is 101 Å². The SMILES string of the molecule is Nc1nc(SCc2ccc(F)cc2)[nH]c(=O)c1NC(=O)c1ccccc1. The van der Waals surface area contributed by atoms with E-state index in [1.165, 1.54) is 23.9 Å². The Morgan fingerprint density at radius 3 is 2.50 bits per heavy atom. The number of rotatable bonds is 5. The number of nitrogen functional groups attached to an aromatic ring is 1. The molecule has 0 saturated carbocycles. The summed E-state index contributed by atoms with van der Waals surface area (Å²) in [6.07, 6.45) is 0. The van der Waals surface area contributed by atoms with Crippen LogP contribution in [0.1, 0.15) is 15.9 Å². The van der Waals surface area contributed by atoms with E-state index in [-0.39, 0.29) is 17.3 Å². The molecule has 0 fully saturated rings. The number of hydrogen-bond donors (Lipinski definition) is 3. The van der Waals surface area contributed by atoms with Gasteiger partial charge in [0.15, 0.2) is 11.0 Å². The standard InChI is InChI=1S/C18H15FN4O2S/c19-13-8-6-11(7-9-13)10-26-18-22-15(20)14(17(25)23-18)21-16(24)12-4-2-1-3-5-12/h1-9H,10H2,(H,21,24)(H3,20,22,23,25). The fraction of sp³-hybridized carbons (Fsp3) is 0.0556. The Labute approximate surface area is 152 Å². The van der Waals surface area contributed by atoms with E-state index in [9.17, 15) is 14.0 Å². The molecule has 0 aliphatic heterocycles. The summed E-state index contributed by atoms with van der Waals surface area (Å²) in [5.74, 6) is -0.345. The Morgan fingerprint density at radius 1 is 1.15 bits per heavy atom. The average Bonchev–Trinajstić information content (AvgIpc) is 2.65. The second kappa shape index (κ2) is 7.83. The first-order valence-corrected chi connectivity index (χ1v) is 8.65. The number of H-pyrrole nitrogens is 1. The minimum absolute atomic E-state index is 0.0698. The van der Waals surface area contributed by atoms with Gasteiger partial charge in [-0.25, -0.2) is 9.37 Å². The number of carbonyl (C=O) groups excluding carboxylic acids is 1.